The molecule has 1 fully saturated rings. The molecule has 5 heteroatoms. The van der Waals surface area contributed by atoms with Gasteiger partial charge in [0, 0.05) is 24.5 Å². The normalized spacial score (nSPS) is 16.6. The van der Waals surface area contributed by atoms with Crippen molar-refractivity contribution in [3.63, 3.8) is 0 Å². The second-order valence-electron chi connectivity index (χ2n) is 3.99. The van der Waals surface area contributed by atoms with Crippen LogP contribution in [0.2, 0.25) is 0 Å². The van der Waals surface area contributed by atoms with Crippen molar-refractivity contribution in [1.29, 1.82) is 0 Å². The number of halogens is 1. The van der Waals surface area contributed by atoms with Crippen LogP contribution in [0.5, 0.6) is 0 Å². The van der Waals surface area contributed by atoms with Crippen molar-refractivity contribution in [2.75, 3.05) is 30.3 Å². The number of carbonyl (C=O) groups excluding carboxylic acids is 1. The van der Waals surface area contributed by atoms with E-state index in [2.05, 4.69) is 0 Å². The fourth-order valence-corrected chi connectivity index (χ4v) is 2.73. The first-order valence-electron chi connectivity index (χ1n) is 5.60. The van der Waals surface area contributed by atoms with Crippen LogP contribution >= 0.6 is 11.8 Å². The minimum Gasteiger partial charge on any atom is -0.398 e. The lowest BCUT2D eigenvalue weighted by molar-refractivity contribution is 0.0769. The molecule has 1 aromatic carbocycles. The Bertz CT molecular complexity index is 417. The molecular weight excluding hydrogens is 239 g/mol. The third-order valence-electron chi connectivity index (χ3n) is 2.75. The Morgan fingerprint density at radius 2 is 2.18 bits per heavy atom. The zero-order valence-electron chi connectivity index (χ0n) is 9.49. The second kappa shape index (κ2) is 5.40. The molecule has 2 N–H and O–H groups in total. The summed E-state index contributed by atoms with van der Waals surface area (Å²) in [7, 11) is 0. The van der Waals surface area contributed by atoms with Gasteiger partial charge in [-0.2, -0.15) is 11.8 Å². The van der Waals surface area contributed by atoms with E-state index in [1.807, 2.05) is 11.8 Å². The predicted octanol–water partition coefficient (Wildman–Crippen LogP) is 1.99. The average Bonchev–Trinajstić information content (AvgIpc) is 2.56. The minimum atomic E-state index is -0.412. The summed E-state index contributed by atoms with van der Waals surface area (Å²) in [6.07, 6.45) is 0.998. The lowest BCUT2D eigenvalue weighted by atomic mass is 10.1. The zero-order chi connectivity index (χ0) is 12.3. The Morgan fingerprint density at radius 3 is 2.94 bits per heavy atom. The summed E-state index contributed by atoms with van der Waals surface area (Å²) in [4.78, 5) is 14.0. The number of anilines is 1. The third-order valence-corrected chi connectivity index (χ3v) is 3.80. The van der Waals surface area contributed by atoms with E-state index in [0.717, 1.165) is 31.0 Å². The highest BCUT2D eigenvalue weighted by molar-refractivity contribution is 7.99. The average molecular weight is 254 g/mol. The lowest BCUT2D eigenvalue weighted by Gasteiger charge is -2.20. The molecule has 1 amide bonds. The van der Waals surface area contributed by atoms with Crippen LogP contribution in [0.3, 0.4) is 0 Å². The molecule has 2 rings (SSSR count). The number of rotatable bonds is 1. The summed E-state index contributed by atoms with van der Waals surface area (Å²) in [6.45, 7) is 1.49. The van der Waals surface area contributed by atoms with Gasteiger partial charge in [0.25, 0.3) is 5.91 Å². The fraction of sp³-hybridized carbons (Fsp3) is 0.417. The van der Waals surface area contributed by atoms with Gasteiger partial charge in [-0.15, -0.1) is 0 Å². The molecule has 3 nitrogen and oxygen atoms in total. The van der Waals surface area contributed by atoms with Crippen molar-refractivity contribution in [3.8, 4) is 0 Å². The number of benzene rings is 1. The van der Waals surface area contributed by atoms with Crippen molar-refractivity contribution >= 4 is 23.4 Å². The molecule has 1 heterocycles. The molecule has 92 valence electrons. The van der Waals surface area contributed by atoms with E-state index >= 15 is 0 Å². The first-order valence-corrected chi connectivity index (χ1v) is 6.76. The molecule has 0 aliphatic carbocycles. The number of hydrogen-bond acceptors (Lipinski definition) is 3. The molecule has 1 aliphatic heterocycles. The fourth-order valence-electron chi connectivity index (χ4n) is 1.85. The number of thioether (sulfide) groups is 1. The van der Waals surface area contributed by atoms with Gasteiger partial charge < -0.3 is 10.6 Å². The molecule has 0 saturated carbocycles. The Hall–Kier alpha value is -1.23. The van der Waals surface area contributed by atoms with Crippen LogP contribution in [0, 0.1) is 5.82 Å². The van der Waals surface area contributed by atoms with Gasteiger partial charge >= 0.3 is 0 Å². The summed E-state index contributed by atoms with van der Waals surface area (Å²) < 4.78 is 12.9. The van der Waals surface area contributed by atoms with Gasteiger partial charge in [-0.25, -0.2) is 4.39 Å². The van der Waals surface area contributed by atoms with E-state index in [0.29, 0.717) is 5.56 Å². The van der Waals surface area contributed by atoms with Crippen LogP contribution < -0.4 is 5.73 Å². The maximum atomic E-state index is 12.9. The molecule has 1 saturated heterocycles. The van der Waals surface area contributed by atoms with E-state index < -0.39 is 5.82 Å². The number of nitrogen functional groups attached to an aromatic ring is 1. The maximum absolute atomic E-state index is 12.9. The number of hydrogen-bond donors (Lipinski definition) is 1. The molecular formula is C12H15FN2OS. The summed E-state index contributed by atoms with van der Waals surface area (Å²) >= 11 is 1.85. The van der Waals surface area contributed by atoms with E-state index in [9.17, 15) is 9.18 Å². The SMILES string of the molecule is Nc1cc(F)ccc1C(=O)N1CCCSCC1. The number of nitrogens with zero attached hydrogens (tertiary/aromatic N) is 1. The minimum absolute atomic E-state index is 0.0926. The van der Waals surface area contributed by atoms with Gasteiger partial charge in [0.1, 0.15) is 5.82 Å². The Kier molecular flexibility index (Phi) is 3.89. The van der Waals surface area contributed by atoms with Gasteiger partial charge in [0.2, 0.25) is 0 Å². The summed E-state index contributed by atoms with van der Waals surface area (Å²) in [5, 5.41) is 0. The van der Waals surface area contributed by atoms with Crippen LogP contribution in [0.15, 0.2) is 18.2 Å². The monoisotopic (exact) mass is 254 g/mol. The van der Waals surface area contributed by atoms with E-state index in [1.165, 1.54) is 18.2 Å². The maximum Gasteiger partial charge on any atom is 0.255 e. The van der Waals surface area contributed by atoms with Crippen LogP contribution in [0.25, 0.3) is 0 Å². The van der Waals surface area contributed by atoms with Crippen molar-refractivity contribution in [3.05, 3.63) is 29.6 Å². The highest BCUT2D eigenvalue weighted by atomic mass is 32.2. The van der Waals surface area contributed by atoms with Gasteiger partial charge in [-0.05, 0) is 30.4 Å². The Morgan fingerprint density at radius 1 is 1.35 bits per heavy atom. The number of carbonyl (C=O) groups is 1. The quantitative estimate of drug-likeness (QED) is 0.780. The lowest BCUT2D eigenvalue weighted by Crippen LogP contribution is -2.33. The van der Waals surface area contributed by atoms with Crippen molar-refractivity contribution in [2.45, 2.75) is 6.42 Å². The van der Waals surface area contributed by atoms with Gasteiger partial charge in [-0.3, -0.25) is 4.79 Å². The first kappa shape index (κ1) is 12.2. The standard InChI is InChI=1S/C12H15FN2OS/c13-9-2-3-10(11(14)8-9)12(16)15-4-1-6-17-7-5-15/h2-3,8H,1,4-7,14H2. The first-order chi connectivity index (χ1) is 8.18. The summed E-state index contributed by atoms with van der Waals surface area (Å²) in [6, 6.07) is 3.93. The third kappa shape index (κ3) is 2.91. The van der Waals surface area contributed by atoms with Crippen molar-refractivity contribution in [1.82, 2.24) is 4.90 Å². The predicted molar refractivity (Wildman–Crippen MR) is 68.7 cm³/mol. The van der Waals surface area contributed by atoms with E-state index in [-0.39, 0.29) is 11.6 Å². The zero-order valence-corrected chi connectivity index (χ0v) is 10.3. The molecule has 0 radical (unpaired) electrons. The second-order valence-corrected chi connectivity index (χ2v) is 5.21. The topological polar surface area (TPSA) is 46.3 Å². The molecule has 1 aromatic rings. The molecule has 0 atom stereocenters. The highest BCUT2D eigenvalue weighted by Gasteiger charge is 2.19. The molecule has 1 aliphatic rings. The highest BCUT2D eigenvalue weighted by Crippen LogP contribution is 2.18. The van der Waals surface area contributed by atoms with Crippen molar-refractivity contribution in [2.24, 2.45) is 0 Å². The Balaban J connectivity index is 2.17. The number of amides is 1. The largest absolute Gasteiger partial charge is 0.398 e. The van der Waals surface area contributed by atoms with E-state index in [4.69, 9.17) is 5.73 Å². The smallest absolute Gasteiger partial charge is 0.255 e. The summed E-state index contributed by atoms with van der Waals surface area (Å²) in [5.41, 5.74) is 6.29. The molecule has 0 aromatic heterocycles. The van der Waals surface area contributed by atoms with Crippen LogP contribution in [0.1, 0.15) is 16.8 Å². The van der Waals surface area contributed by atoms with Gasteiger partial charge in [-0.1, -0.05) is 0 Å². The van der Waals surface area contributed by atoms with Crippen LogP contribution in [-0.2, 0) is 0 Å². The van der Waals surface area contributed by atoms with Gasteiger partial charge in [0.05, 0.1) is 5.56 Å². The van der Waals surface area contributed by atoms with E-state index in [1.54, 1.807) is 4.90 Å². The Labute approximate surface area is 104 Å². The number of nitrogens with two attached hydrogens (primary N) is 1. The van der Waals surface area contributed by atoms with Crippen LogP contribution in [0.4, 0.5) is 10.1 Å². The molecule has 0 spiro atoms. The molecule has 0 bridgehead atoms. The molecule has 17 heavy (non-hydrogen) atoms. The molecule has 0 unspecified atom stereocenters. The van der Waals surface area contributed by atoms with Crippen molar-refractivity contribution < 1.29 is 9.18 Å². The summed E-state index contributed by atoms with van der Waals surface area (Å²) in [5.74, 6) is 1.53. The van der Waals surface area contributed by atoms with Gasteiger partial charge in [0.15, 0.2) is 0 Å². The van der Waals surface area contributed by atoms with Crippen LogP contribution in [-0.4, -0.2) is 35.4 Å².